The Labute approximate surface area is 183 Å². The molecule has 0 saturated heterocycles. The van der Waals surface area contributed by atoms with Gasteiger partial charge in [0.1, 0.15) is 18.8 Å². The average Bonchev–Trinajstić information content (AvgIpc) is 2.80. The minimum atomic E-state index is -0.570. The van der Waals surface area contributed by atoms with Gasteiger partial charge in [0.2, 0.25) is 5.88 Å². The maximum absolute atomic E-state index is 12.7. The molecule has 31 heavy (non-hydrogen) atoms. The first-order valence-electron chi connectivity index (χ1n) is 9.43. The van der Waals surface area contributed by atoms with E-state index in [-0.39, 0.29) is 23.9 Å². The van der Waals surface area contributed by atoms with Crippen molar-refractivity contribution in [2.24, 2.45) is 0 Å². The van der Waals surface area contributed by atoms with Crippen LogP contribution < -0.4 is 19.5 Å². The number of halogens is 1. The number of nitrogens with zero attached hydrogens (tertiary/aromatic N) is 1. The summed E-state index contributed by atoms with van der Waals surface area (Å²) in [4.78, 5) is 29.2. The third-order valence-corrected chi connectivity index (χ3v) is 4.99. The molecule has 1 aliphatic heterocycles. The van der Waals surface area contributed by atoms with Gasteiger partial charge in [0, 0.05) is 22.5 Å². The van der Waals surface area contributed by atoms with Crippen LogP contribution in [-0.4, -0.2) is 44.3 Å². The number of nitrogens with one attached hydrogen (secondary N) is 1. The molecule has 0 unspecified atom stereocenters. The monoisotopic (exact) mass is 442 g/mol. The zero-order valence-corrected chi connectivity index (χ0v) is 17.6. The molecule has 1 aromatic heterocycles. The van der Waals surface area contributed by atoms with Crippen molar-refractivity contribution >= 4 is 34.4 Å². The van der Waals surface area contributed by atoms with Crippen molar-refractivity contribution in [2.45, 2.75) is 6.54 Å². The topological polar surface area (TPSA) is 96.0 Å². The molecule has 0 fully saturated rings. The first-order chi connectivity index (χ1) is 15.0. The summed E-state index contributed by atoms with van der Waals surface area (Å²) in [6.45, 7) is 1.08. The highest BCUT2D eigenvalue weighted by atomic mass is 35.5. The molecule has 0 spiro atoms. The van der Waals surface area contributed by atoms with Gasteiger partial charge in [-0.25, -0.2) is 9.78 Å². The lowest BCUT2D eigenvalue weighted by Gasteiger charge is -2.18. The van der Waals surface area contributed by atoms with E-state index in [0.29, 0.717) is 51.8 Å². The Bertz CT molecular complexity index is 1180. The van der Waals surface area contributed by atoms with E-state index in [1.165, 1.54) is 14.2 Å². The Morgan fingerprint density at radius 1 is 1.10 bits per heavy atom. The Morgan fingerprint density at radius 3 is 2.61 bits per heavy atom. The second-order valence-corrected chi connectivity index (χ2v) is 7.15. The summed E-state index contributed by atoms with van der Waals surface area (Å²) in [5, 5.41) is 3.93. The average molecular weight is 443 g/mol. The van der Waals surface area contributed by atoms with Crippen LogP contribution in [0.3, 0.4) is 0 Å². The number of carbonyl (C=O) groups is 2. The number of esters is 1. The molecule has 3 aromatic rings. The highest BCUT2D eigenvalue weighted by molar-refractivity contribution is 6.31. The molecule has 0 bridgehead atoms. The lowest BCUT2D eigenvalue weighted by Crippen LogP contribution is -2.23. The van der Waals surface area contributed by atoms with Crippen LogP contribution in [0, 0.1) is 0 Å². The summed E-state index contributed by atoms with van der Waals surface area (Å²) < 4.78 is 21.1. The molecule has 9 heteroatoms. The van der Waals surface area contributed by atoms with E-state index >= 15 is 0 Å². The quantitative estimate of drug-likeness (QED) is 0.605. The largest absolute Gasteiger partial charge is 0.486 e. The minimum Gasteiger partial charge on any atom is -0.486 e. The minimum absolute atomic E-state index is 0.126. The van der Waals surface area contributed by atoms with Crippen molar-refractivity contribution in [1.29, 1.82) is 0 Å². The number of aromatic nitrogens is 1. The van der Waals surface area contributed by atoms with Crippen LogP contribution in [0.4, 0.5) is 0 Å². The summed E-state index contributed by atoms with van der Waals surface area (Å²) in [5.41, 5.74) is 1.85. The summed E-state index contributed by atoms with van der Waals surface area (Å²) in [5.74, 6) is 0.416. The van der Waals surface area contributed by atoms with Gasteiger partial charge in [0.15, 0.2) is 11.5 Å². The van der Waals surface area contributed by atoms with Gasteiger partial charge in [-0.05, 0) is 42.0 Å². The molecule has 0 atom stereocenters. The fourth-order valence-electron chi connectivity index (χ4n) is 3.31. The molecule has 1 aliphatic rings. The Balaban J connectivity index is 1.62. The van der Waals surface area contributed by atoms with Crippen LogP contribution in [0.5, 0.6) is 17.4 Å². The lowest BCUT2D eigenvalue weighted by molar-refractivity contribution is 0.0596. The Hall–Kier alpha value is -3.52. The van der Waals surface area contributed by atoms with E-state index in [0.717, 1.165) is 0 Å². The lowest BCUT2D eigenvalue weighted by atomic mass is 10.1. The molecule has 1 N–H and O–H groups in total. The van der Waals surface area contributed by atoms with Crippen LogP contribution in [0.15, 0.2) is 36.4 Å². The standard InChI is InChI=1S/C22H19ClN2O6/c1-28-21-16(22(27)29-2)9-13-7-15(23)8-14(19(13)25-21)11-24-20(26)12-3-4-17-18(10-12)31-6-5-30-17/h3-4,7-10H,5-6,11H2,1-2H3,(H,24,26). The van der Waals surface area contributed by atoms with Gasteiger partial charge < -0.3 is 24.3 Å². The Kier molecular flexibility index (Phi) is 5.81. The van der Waals surface area contributed by atoms with Gasteiger partial charge >= 0.3 is 5.97 Å². The van der Waals surface area contributed by atoms with Crippen LogP contribution in [0.25, 0.3) is 10.9 Å². The molecular formula is C22H19ClN2O6. The second-order valence-electron chi connectivity index (χ2n) is 6.71. The highest BCUT2D eigenvalue weighted by Gasteiger charge is 2.19. The fourth-order valence-corrected chi connectivity index (χ4v) is 3.56. The number of benzene rings is 2. The molecule has 0 radical (unpaired) electrons. The number of amides is 1. The summed E-state index contributed by atoms with van der Waals surface area (Å²) in [6.07, 6.45) is 0. The first-order valence-corrected chi connectivity index (χ1v) is 9.81. The molecule has 2 aromatic carbocycles. The van der Waals surface area contributed by atoms with Gasteiger partial charge in [-0.15, -0.1) is 0 Å². The zero-order chi connectivity index (χ0) is 22.0. The van der Waals surface area contributed by atoms with E-state index in [1.54, 1.807) is 36.4 Å². The molecular weight excluding hydrogens is 424 g/mol. The van der Waals surface area contributed by atoms with Crippen LogP contribution in [-0.2, 0) is 11.3 Å². The third kappa shape index (κ3) is 4.20. The Morgan fingerprint density at radius 2 is 1.87 bits per heavy atom. The molecule has 160 valence electrons. The number of carbonyl (C=O) groups excluding carboxylic acids is 2. The van der Waals surface area contributed by atoms with Crippen molar-refractivity contribution in [1.82, 2.24) is 10.3 Å². The van der Waals surface area contributed by atoms with Crippen LogP contribution in [0.1, 0.15) is 26.3 Å². The molecule has 0 saturated carbocycles. The van der Waals surface area contributed by atoms with Gasteiger partial charge in [-0.3, -0.25) is 4.79 Å². The number of fused-ring (bicyclic) bond motifs is 2. The third-order valence-electron chi connectivity index (χ3n) is 4.77. The summed E-state index contributed by atoms with van der Waals surface area (Å²) in [7, 11) is 2.70. The van der Waals surface area contributed by atoms with Crippen molar-refractivity contribution < 1.29 is 28.5 Å². The highest BCUT2D eigenvalue weighted by Crippen LogP contribution is 2.31. The maximum atomic E-state index is 12.7. The molecule has 4 rings (SSSR count). The molecule has 0 aliphatic carbocycles. The van der Waals surface area contributed by atoms with Crippen molar-refractivity contribution in [3.8, 4) is 17.4 Å². The predicted molar refractivity (Wildman–Crippen MR) is 113 cm³/mol. The normalized spacial score (nSPS) is 12.4. The number of hydrogen-bond acceptors (Lipinski definition) is 7. The predicted octanol–water partition coefficient (Wildman–Crippen LogP) is 3.38. The molecule has 1 amide bonds. The van der Waals surface area contributed by atoms with E-state index in [9.17, 15) is 9.59 Å². The van der Waals surface area contributed by atoms with Gasteiger partial charge in [-0.1, -0.05) is 11.6 Å². The van der Waals surface area contributed by atoms with Gasteiger partial charge in [0.05, 0.1) is 19.7 Å². The van der Waals surface area contributed by atoms with E-state index in [4.69, 9.17) is 30.5 Å². The van der Waals surface area contributed by atoms with Crippen molar-refractivity contribution in [2.75, 3.05) is 27.4 Å². The van der Waals surface area contributed by atoms with Gasteiger partial charge in [0.25, 0.3) is 5.91 Å². The number of methoxy groups -OCH3 is 2. The number of rotatable bonds is 5. The number of hydrogen-bond donors (Lipinski definition) is 1. The van der Waals surface area contributed by atoms with Crippen molar-refractivity contribution in [3.05, 3.63) is 58.1 Å². The number of pyridine rings is 1. The fraction of sp³-hybridized carbons (Fsp3) is 0.227. The first kappa shape index (κ1) is 20.7. The van der Waals surface area contributed by atoms with Crippen molar-refractivity contribution in [3.63, 3.8) is 0 Å². The van der Waals surface area contributed by atoms with Gasteiger partial charge in [-0.2, -0.15) is 0 Å². The van der Waals surface area contributed by atoms with E-state index < -0.39 is 5.97 Å². The number of ether oxygens (including phenoxy) is 4. The van der Waals surface area contributed by atoms with Crippen LogP contribution >= 0.6 is 11.6 Å². The summed E-state index contributed by atoms with van der Waals surface area (Å²) >= 11 is 6.26. The second kappa shape index (κ2) is 8.69. The molecule has 8 nitrogen and oxygen atoms in total. The summed E-state index contributed by atoms with van der Waals surface area (Å²) in [6, 6.07) is 10.0. The van der Waals surface area contributed by atoms with E-state index in [1.807, 2.05) is 0 Å². The van der Waals surface area contributed by atoms with Crippen LogP contribution in [0.2, 0.25) is 5.02 Å². The maximum Gasteiger partial charge on any atom is 0.343 e. The molecule has 2 heterocycles. The zero-order valence-electron chi connectivity index (χ0n) is 16.9. The van der Waals surface area contributed by atoms with E-state index in [2.05, 4.69) is 10.3 Å². The SMILES string of the molecule is COC(=O)c1cc2cc(Cl)cc(CNC(=O)c3ccc4c(c3)OCCO4)c2nc1OC. The smallest absolute Gasteiger partial charge is 0.343 e.